The van der Waals surface area contributed by atoms with Crippen LogP contribution < -0.4 is 23.8 Å². The van der Waals surface area contributed by atoms with Crippen LogP contribution in [0.3, 0.4) is 0 Å². The molecule has 0 saturated heterocycles. The molecule has 8 nitrogen and oxygen atoms in total. The van der Waals surface area contributed by atoms with Crippen LogP contribution in [0.1, 0.15) is 44.9 Å². The minimum atomic E-state index is -3.62. The van der Waals surface area contributed by atoms with E-state index in [4.69, 9.17) is 14.2 Å². The highest BCUT2D eigenvalue weighted by atomic mass is 32.2. The minimum Gasteiger partial charge on any atom is -0.486 e. The number of carbonyl (C=O) groups excluding carboxylic acids is 1. The lowest BCUT2D eigenvalue weighted by Gasteiger charge is -2.35. The molecule has 9 heteroatoms. The maximum Gasteiger partial charge on any atom is 0.263 e. The molecule has 2 aliphatic rings. The molecule has 33 heavy (non-hydrogen) atoms. The van der Waals surface area contributed by atoms with Crippen LogP contribution in [-0.2, 0) is 20.2 Å². The van der Waals surface area contributed by atoms with Crippen molar-refractivity contribution >= 4 is 21.6 Å². The molecular formula is C24H30N2O6S. The van der Waals surface area contributed by atoms with Crippen LogP contribution in [-0.4, -0.2) is 46.4 Å². The van der Waals surface area contributed by atoms with Gasteiger partial charge in [0.25, 0.3) is 5.91 Å². The molecule has 2 aromatic rings. The molecule has 2 aromatic carbocycles. The predicted octanol–water partition coefficient (Wildman–Crippen LogP) is 3.16. The van der Waals surface area contributed by atoms with E-state index in [0.717, 1.165) is 17.4 Å². The molecule has 0 spiro atoms. The lowest BCUT2D eigenvalue weighted by Crippen LogP contribution is -2.50. The first-order valence-electron chi connectivity index (χ1n) is 10.9. The number of rotatable bonds is 4. The molecule has 2 heterocycles. The van der Waals surface area contributed by atoms with E-state index in [-0.39, 0.29) is 18.0 Å². The molecule has 0 radical (unpaired) electrons. The zero-order valence-electron chi connectivity index (χ0n) is 19.5. The van der Waals surface area contributed by atoms with Gasteiger partial charge in [-0.2, -0.15) is 0 Å². The fourth-order valence-corrected chi connectivity index (χ4v) is 4.79. The van der Waals surface area contributed by atoms with Crippen molar-refractivity contribution in [3.63, 3.8) is 0 Å². The molecule has 2 aliphatic heterocycles. The molecule has 1 amide bonds. The minimum absolute atomic E-state index is 0.0981. The van der Waals surface area contributed by atoms with E-state index in [9.17, 15) is 13.2 Å². The summed E-state index contributed by atoms with van der Waals surface area (Å²) in [6.45, 7) is 8.90. The number of carbonyl (C=O) groups is 1. The summed E-state index contributed by atoms with van der Waals surface area (Å²) < 4.78 is 43.5. The number of nitrogens with zero attached hydrogens (tertiary/aromatic N) is 1. The Bertz CT molecular complexity index is 1170. The lowest BCUT2D eigenvalue weighted by atomic mass is 9.86. The maximum atomic E-state index is 13.1. The quantitative estimate of drug-likeness (QED) is 0.732. The highest BCUT2D eigenvalue weighted by Crippen LogP contribution is 2.39. The van der Waals surface area contributed by atoms with E-state index in [0.29, 0.717) is 36.1 Å². The first kappa shape index (κ1) is 23.2. The van der Waals surface area contributed by atoms with Crippen molar-refractivity contribution in [3.05, 3.63) is 47.5 Å². The molecule has 2 atom stereocenters. The summed E-state index contributed by atoms with van der Waals surface area (Å²) in [7, 11) is -3.62. The lowest BCUT2D eigenvalue weighted by molar-refractivity contribution is -0.128. The molecule has 0 bridgehead atoms. The van der Waals surface area contributed by atoms with Crippen molar-refractivity contribution in [1.29, 1.82) is 0 Å². The first-order valence-corrected chi connectivity index (χ1v) is 12.8. The van der Waals surface area contributed by atoms with Crippen molar-refractivity contribution in [2.75, 3.05) is 30.3 Å². The first-order chi connectivity index (χ1) is 15.4. The number of nitrogens with one attached hydrogen (secondary N) is 1. The second-order valence-corrected chi connectivity index (χ2v) is 11.4. The number of fused-ring (bicyclic) bond motifs is 2. The van der Waals surface area contributed by atoms with Gasteiger partial charge in [0.1, 0.15) is 19.0 Å². The third-order valence-corrected chi connectivity index (χ3v) is 6.96. The number of hydrogen-bond acceptors (Lipinski definition) is 6. The van der Waals surface area contributed by atoms with Gasteiger partial charge in [-0.15, -0.1) is 0 Å². The number of amides is 1. The Morgan fingerprint density at radius 3 is 2.39 bits per heavy atom. The second-order valence-electron chi connectivity index (χ2n) is 9.47. The zero-order chi connectivity index (χ0) is 24.0. The second kappa shape index (κ2) is 8.44. The number of sulfonamides is 1. The summed E-state index contributed by atoms with van der Waals surface area (Å²) in [6.07, 6.45) is 0.158. The topological polar surface area (TPSA) is 94.2 Å². The fourth-order valence-electron chi connectivity index (χ4n) is 3.89. The van der Waals surface area contributed by atoms with Crippen molar-refractivity contribution in [1.82, 2.24) is 5.32 Å². The highest BCUT2D eigenvalue weighted by molar-refractivity contribution is 7.92. The van der Waals surface area contributed by atoms with Gasteiger partial charge in [-0.1, -0.05) is 32.9 Å². The number of benzene rings is 2. The molecule has 0 aliphatic carbocycles. The van der Waals surface area contributed by atoms with Crippen LogP contribution in [0.2, 0.25) is 0 Å². The Labute approximate surface area is 194 Å². The zero-order valence-corrected chi connectivity index (χ0v) is 20.4. The van der Waals surface area contributed by atoms with Crippen LogP contribution in [0.5, 0.6) is 17.2 Å². The third-order valence-electron chi connectivity index (χ3n) is 5.81. The summed E-state index contributed by atoms with van der Waals surface area (Å²) in [6, 6.07) is 10.6. The average Bonchev–Trinajstić information content (AvgIpc) is 2.76. The molecular weight excluding hydrogens is 444 g/mol. The Morgan fingerprint density at radius 1 is 1.06 bits per heavy atom. The summed E-state index contributed by atoms with van der Waals surface area (Å²) in [5.41, 5.74) is 2.12. The molecule has 4 rings (SSSR count). The van der Waals surface area contributed by atoms with E-state index in [1.807, 2.05) is 37.3 Å². The summed E-state index contributed by atoms with van der Waals surface area (Å²) >= 11 is 0. The monoisotopic (exact) mass is 474 g/mol. The summed E-state index contributed by atoms with van der Waals surface area (Å²) in [5, 5.41) is 2.93. The number of hydrogen-bond donors (Lipinski definition) is 1. The van der Waals surface area contributed by atoms with Crippen LogP contribution in [0.25, 0.3) is 0 Å². The van der Waals surface area contributed by atoms with Gasteiger partial charge in [0, 0.05) is 0 Å². The molecule has 0 unspecified atom stereocenters. The third kappa shape index (κ3) is 4.88. The van der Waals surface area contributed by atoms with Gasteiger partial charge in [0.15, 0.2) is 17.6 Å². The van der Waals surface area contributed by atoms with E-state index in [2.05, 4.69) is 26.1 Å². The van der Waals surface area contributed by atoms with E-state index >= 15 is 0 Å². The number of anilines is 1. The van der Waals surface area contributed by atoms with Crippen LogP contribution in [0.4, 0.5) is 5.69 Å². The normalized spacial score (nSPS) is 18.7. The van der Waals surface area contributed by atoms with Gasteiger partial charge in [0.2, 0.25) is 10.0 Å². The molecule has 1 N–H and O–H groups in total. The maximum absolute atomic E-state index is 13.1. The Balaban J connectivity index is 1.55. The van der Waals surface area contributed by atoms with Gasteiger partial charge >= 0.3 is 0 Å². The Morgan fingerprint density at radius 2 is 1.73 bits per heavy atom. The largest absolute Gasteiger partial charge is 0.486 e. The van der Waals surface area contributed by atoms with Gasteiger partial charge in [-0.3, -0.25) is 9.10 Å². The number of ether oxygens (including phenoxy) is 3. The highest BCUT2D eigenvalue weighted by Gasteiger charge is 2.36. The Kier molecular flexibility index (Phi) is 5.94. The van der Waals surface area contributed by atoms with Gasteiger partial charge in [-0.25, -0.2) is 8.42 Å². The van der Waals surface area contributed by atoms with Crippen LogP contribution in [0, 0.1) is 0 Å². The molecule has 0 aromatic heterocycles. The summed E-state index contributed by atoms with van der Waals surface area (Å²) in [4.78, 5) is 13.1. The van der Waals surface area contributed by atoms with E-state index in [1.165, 1.54) is 4.31 Å². The predicted molar refractivity (Wildman–Crippen MR) is 126 cm³/mol. The van der Waals surface area contributed by atoms with Gasteiger partial charge in [-0.05, 0) is 47.7 Å². The Hall–Kier alpha value is -2.94. The van der Waals surface area contributed by atoms with Gasteiger partial charge in [0.05, 0.1) is 24.5 Å². The van der Waals surface area contributed by atoms with Crippen molar-refractivity contribution < 1.29 is 27.4 Å². The standard InChI is InChI=1S/C24H30N2O6S/c1-15(16-6-8-20-21(12-16)31-11-10-30-20)25-23(27)22-14-26(33(5,28)29)18-13-17(24(2,3)4)7-9-19(18)32-22/h6-9,12-13,15,22H,10-11,14H2,1-5H3,(H,25,27)/t15-,22+/m1/s1. The van der Waals surface area contributed by atoms with Crippen molar-refractivity contribution in [2.24, 2.45) is 0 Å². The SMILES string of the molecule is C[C@@H](NC(=O)[C@@H]1CN(S(C)(=O)=O)c2cc(C(C)(C)C)ccc2O1)c1ccc2c(c1)OCCO2. The average molecular weight is 475 g/mol. The van der Waals surface area contributed by atoms with Crippen molar-refractivity contribution in [2.45, 2.75) is 45.3 Å². The van der Waals surface area contributed by atoms with Crippen molar-refractivity contribution in [3.8, 4) is 17.2 Å². The summed E-state index contributed by atoms with van der Waals surface area (Å²) in [5.74, 6) is 1.29. The van der Waals surface area contributed by atoms with E-state index < -0.39 is 22.0 Å². The molecule has 178 valence electrons. The van der Waals surface area contributed by atoms with E-state index in [1.54, 1.807) is 6.07 Å². The fraction of sp³-hybridized carbons (Fsp3) is 0.458. The van der Waals surface area contributed by atoms with Gasteiger partial charge < -0.3 is 19.5 Å². The van der Waals surface area contributed by atoms with Crippen LogP contribution >= 0.6 is 0 Å². The van der Waals surface area contributed by atoms with Crippen LogP contribution in [0.15, 0.2) is 36.4 Å². The molecule has 0 saturated carbocycles. The smallest absolute Gasteiger partial charge is 0.263 e. The molecule has 0 fully saturated rings.